The first-order valence-electron chi connectivity index (χ1n) is 4.38. The van der Waals surface area contributed by atoms with Gasteiger partial charge in [-0.2, -0.15) is 0 Å². The SMILES string of the molecule is CCOC(=O)c1nc(S(C)(=O)=O)n(C)c1Cl. The second-order valence-corrected chi connectivity index (χ2v) is 5.35. The normalized spacial score (nSPS) is 11.5. The number of aromatic nitrogens is 2. The highest BCUT2D eigenvalue weighted by atomic mass is 35.5. The molecule has 6 nitrogen and oxygen atoms in total. The van der Waals surface area contributed by atoms with Gasteiger partial charge in [-0.15, -0.1) is 0 Å². The third-order valence-electron chi connectivity index (χ3n) is 1.78. The van der Waals surface area contributed by atoms with E-state index in [2.05, 4.69) is 4.98 Å². The summed E-state index contributed by atoms with van der Waals surface area (Å²) in [4.78, 5) is 15.0. The molecule has 1 aromatic heterocycles. The lowest BCUT2D eigenvalue weighted by Gasteiger charge is -1.98. The Kier molecular flexibility index (Phi) is 3.59. The molecule has 1 aromatic rings. The summed E-state index contributed by atoms with van der Waals surface area (Å²) in [5, 5.41) is -0.320. The zero-order valence-electron chi connectivity index (χ0n) is 9.02. The second-order valence-electron chi connectivity index (χ2n) is 3.09. The highest BCUT2D eigenvalue weighted by Gasteiger charge is 2.25. The number of imidazole rings is 1. The van der Waals surface area contributed by atoms with E-state index in [-0.39, 0.29) is 22.6 Å². The van der Waals surface area contributed by atoms with Crippen molar-refractivity contribution < 1.29 is 17.9 Å². The lowest BCUT2D eigenvalue weighted by Crippen LogP contribution is -2.07. The molecule has 1 heterocycles. The van der Waals surface area contributed by atoms with E-state index in [1.54, 1.807) is 6.92 Å². The van der Waals surface area contributed by atoms with E-state index in [9.17, 15) is 13.2 Å². The number of ether oxygens (including phenoxy) is 1. The van der Waals surface area contributed by atoms with E-state index < -0.39 is 15.8 Å². The summed E-state index contributed by atoms with van der Waals surface area (Å²) in [6.07, 6.45) is 0.987. The maximum atomic E-state index is 11.4. The van der Waals surface area contributed by atoms with Gasteiger partial charge in [-0.25, -0.2) is 18.2 Å². The predicted octanol–water partition coefficient (Wildman–Crippen LogP) is 0.654. The summed E-state index contributed by atoms with van der Waals surface area (Å²) in [7, 11) is -2.11. The van der Waals surface area contributed by atoms with Crippen LogP contribution < -0.4 is 0 Å². The van der Waals surface area contributed by atoms with Crippen LogP contribution in [0.3, 0.4) is 0 Å². The molecule has 0 unspecified atom stereocenters. The first-order chi connectivity index (χ1) is 7.29. The molecule has 0 aliphatic heterocycles. The monoisotopic (exact) mass is 266 g/mol. The molecule has 0 aliphatic carbocycles. The Bertz CT molecular complexity index is 520. The van der Waals surface area contributed by atoms with Crippen molar-refractivity contribution in [3.63, 3.8) is 0 Å². The summed E-state index contributed by atoms with van der Waals surface area (Å²) >= 11 is 5.79. The number of carbonyl (C=O) groups is 1. The molecule has 0 saturated carbocycles. The van der Waals surface area contributed by atoms with Gasteiger partial charge in [-0.05, 0) is 6.92 Å². The van der Waals surface area contributed by atoms with Crippen molar-refractivity contribution in [3.05, 3.63) is 10.8 Å². The smallest absolute Gasteiger partial charge is 0.360 e. The molecule has 0 bridgehead atoms. The molecule has 90 valence electrons. The highest BCUT2D eigenvalue weighted by Crippen LogP contribution is 2.20. The van der Waals surface area contributed by atoms with Crippen LogP contribution >= 0.6 is 11.6 Å². The van der Waals surface area contributed by atoms with Gasteiger partial charge in [0.15, 0.2) is 5.69 Å². The van der Waals surface area contributed by atoms with Crippen LogP contribution in [-0.4, -0.2) is 36.8 Å². The van der Waals surface area contributed by atoms with Gasteiger partial charge < -0.3 is 9.30 Å². The standard InChI is InChI=1S/C8H11ClN2O4S/c1-4-15-7(12)5-6(9)11(2)8(10-5)16(3,13)14/h4H2,1-3H3. The fraction of sp³-hybridized carbons (Fsp3) is 0.500. The minimum absolute atomic E-state index is 0.0566. The largest absolute Gasteiger partial charge is 0.461 e. The van der Waals surface area contributed by atoms with Gasteiger partial charge in [0, 0.05) is 13.3 Å². The van der Waals surface area contributed by atoms with Crippen molar-refractivity contribution in [3.8, 4) is 0 Å². The Morgan fingerprint density at radius 3 is 2.50 bits per heavy atom. The molecule has 0 atom stereocenters. The molecule has 0 amide bonds. The van der Waals surface area contributed by atoms with Crippen molar-refractivity contribution in [2.75, 3.05) is 12.9 Å². The van der Waals surface area contributed by atoms with Crippen molar-refractivity contribution in [1.82, 2.24) is 9.55 Å². The molecule has 0 saturated heterocycles. The Balaban J connectivity index is 3.31. The predicted molar refractivity (Wildman–Crippen MR) is 57.3 cm³/mol. The first-order valence-corrected chi connectivity index (χ1v) is 6.65. The second kappa shape index (κ2) is 4.42. The third kappa shape index (κ3) is 2.35. The quantitative estimate of drug-likeness (QED) is 0.751. The Labute approximate surface area is 98.1 Å². The van der Waals surface area contributed by atoms with Gasteiger partial charge in [0.05, 0.1) is 6.61 Å². The van der Waals surface area contributed by atoms with Crippen LogP contribution in [0.4, 0.5) is 0 Å². The summed E-state index contributed by atoms with van der Waals surface area (Å²) in [5.41, 5.74) is -0.188. The molecule has 1 rings (SSSR count). The molecule has 0 aromatic carbocycles. The van der Waals surface area contributed by atoms with Crippen molar-refractivity contribution in [1.29, 1.82) is 0 Å². The summed E-state index contributed by atoms with van der Waals surface area (Å²) in [6.45, 7) is 1.80. The van der Waals surface area contributed by atoms with Crippen LogP contribution in [0.1, 0.15) is 17.4 Å². The van der Waals surface area contributed by atoms with E-state index in [0.717, 1.165) is 10.8 Å². The minimum Gasteiger partial charge on any atom is -0.461 e. The summed E-state index contributed by atoms with van der Waals surface area (Å²) in [5.74, 6) is -0.738. The van der Waals surface area contributed by atoms with Crippen LogP contribution in [0.25, 0.3) is 0 Å². The van der Waals surface area contributed by atoms with E-state index in [1.807, 2.05) is 0 Å². The van der Waals surface area contributed by atoms with Crippen LogP contribution in [0.2, 0.25) is 5.15 Å². The lowest BCUT2D eigenvalue weighted by molar-refractivity contribution is 0.0520. The number of nitrogens with zero attached hydrogens (tertiary/aromatic N) is 2. The van der Waals surface area contributed by atoms with Crippen LogP contribution in [0, 0.1) is 0 Å². The van der Waals surface area contributed by atoms with Gasteiger partial charge in [0.25, 0.3) is 0 Å². The number of esters is 1. The number of hydrogen-bond acceptors (Lipinski definition) is 5. The van der Waals surface area contributed by atoms with E-state index >= 15 is 0 Å². The summed E-state index contributed by atoms with van der Waals surface area (Å²) in [6, 6.07) is 0. The van der Waals surface area contributed by atoms with Crippen molar-refractivity contribution in [2.24, 2.45) is 7.05 Å². The zero-order chi connectivity index (χ0) is 12.5. The van der Waals surface area contributed by atoms with Crippen LogP contribution in [-0.2, 0) is 21.6 Å². The molecule has 0 fully saturated rings. The number of hydrogen-bond donors (Lipinski definition) is 0. The molecule has 0 aliphatic rings. The van der Waals surface area contributed by atoms with E-state index in [0.29, 0.717) is 0 Å². The number of rotatable bonds is 3. The fourth-order valence-electron chi connectivity index (χ4n) is 1.12. The topological polar surface area (TPSA) is 78.3 Å². The van der Waals surface area contributed by atoms with Gasteiger partial charge in [0.1, 0.15) is 5.15 Å². The van der Waals surface area contributed by atoms with Crippen molar-refractivity contribution >= 4 is 27.4 Å². The molecular formula is C8H11ClN2O4S. The third-order valence-corrected chi connectivity index (χ3v) is 3.25. The minimum atomic E-state index is -3.52. The lowest BCUT2D eigenvalue weighted by atomic mass is 10.5. The average molecular weight is 267 g/mol. The molecule has 16 heavy (non-hydrogen) atoms. The Hall–Kier alpha value is -1.08. The maximum absolute atomic E-state index is 11.4. The number of carbonyl (C=O) groups excluding carboxylic acids is 1. The summed E-state index contributed by atoms with van der Waals surface area (Å²) < 4.78 is 28.4. The van der Waals surface area contributed by atoms with Gasteiger partial charge in [0.2, 0.25) is 15.0 Å². The van der Waals surface area contributed by atoms with Gasteiger partial charge in [-0.3, -0.25) is 0 Å². The first kappa shape index (κ1) is 13.0. The average Bonchev–Trinajstić information content (AvgIpc) is 2.44. The Morgan fingerprint density at radius 1 is 1.56 bits per heavy atom. The molecule has 0 spiro atoms. The van der Waals surface area contributed by atoms with Crippen LogP contribution in [0.15, 0.2) is 5.16 Å². The van der Waals surface area contributed by atoms with E-state index in [1.165, 1.54) is 7.05 Å². The van der Waals surface area contributed by atoms with Gasteiger partial charge in [-0.1, -0.05) is 11.6 Å². The Morgan fingerprint density at radius 2 is 2.12 bits per heavy atom. The zero-order valence-corrected chi connectivity index (χ0v) is 10.6. The maximum Gasteiger partial charge on any atom is 0.360 e. The molecule has 0 N–H and O–H groups in total. The fourth-order valence-corrected chi connectivity index (χ4v) is 2.22. The van der Waals surface area contributed by atoms with Crippen molar-refractivity contribution in [2.45, 2.75) is 12.1 Å². The highest BCUT2D eigenvalue weighted by molar-refractivity contribution is 7.90. The number of halogens is 1. The number of sulfone groups is 1. The molecule has 0 radical (unpaired) electrons. The molecular weight excluding hydrogens is 256 g/mol. The van der Waals surface area contributed by atoms with E-state index in [4.69, 9.17) is 16.3 Å². The van der Waals surface area contributed by atoms with Gasteiger partial charge >= 0.3 is 5.97 Å². The van der Waals surface area contributed by atoms with Crippen LogP contribution in [0.5, 0.6) is 0 Å². The molecule has 8 heteroatoms.